The number of hydrogen-bond donors (Lipinski definition) is 1. The predicted molar refractivity (Wildman–Crippen MR) is 83.5 cm³/mol. The lowest BCUT2D eigenvalue weighted by Crippen LogP contribution is -2.40. The summed E-state index contributed by atoms with van der Waals surface area (Å²) in [5.41, 5.74) is 6.15. The van der Waals surface area contributed by atoms with Crippen molar-refractivity contribution in [1.29, 1.82) is 0 Å². The van der Waals surface area contributed by atoms with Crippen molar-refractivity contribution in [3.63, 3.8) is 0 Å². The van der Waals surface area contributed by atoms with Crippen molar-refractivity contribution in [2.75, 3.05) is 33.7 Å². The molecular weight excluding hydrogens is 236 g/mol. The van der Waals surface area contributed by atoms with Crippen molar-refractivity contribution in [3.05, 3.63) is 0 Å². The lowest BCUT2D eigenvalue weighted by Gasteiger charge is -2.26. The molecule has 0 saturated carbocycles. The van der Waals surface area contributed by atoms with Gasteiger partial charge in [0.2, 0.25) is 0 Å². The molecule has 1 aliphatic rings. The first-order chi connectivity index (χ1) is 9.00. The predicted octanol–water partition coefficient (Wildman–Crippen LogP) is 2.15. The molecule has 4 nitrogen and oxygen atoms in total. The molecule has 1 rings (SSSR count). The van der Waals surface area contributed by atoms with Crippen molar-refractivity contribution >= 4 is 5.96 Å². The monoisotopic (exact) mass is 268 g/mol. The normalized spacial score (nSPS) is 19.9. The van der Waals surface area contributed by atoms with Gasteiger partial charge >= 0.3 is 0 Å². The van der Waals surface area contributed by atoms with Crippen LogP contribution in [-0.4, -0.2) is 55.5 Å². The fourth-order valence-electron chi connectivity index (χ4n) is 2.59. The zero-order valence-electron chi connectivity index (χ0n) is 13.2. The van der Waals surface area contributed by atoms with E-state index in [1.807, 2.05) is 0 Å². The van der Waals surface area contributed by atoms with Gasteiger partial charge in [0.25, 0.3) is 0 Å². The van der Waals surface area contributed by atoms with Gasteiger partial charge in [-0.05, 0) is 39.3 Å². The van der Waals surface area contributed by atoms with Crippen molar-refractivity contribution < 1.29 is 0 Å². The first-order valence-corrected chi connectivity index (χ1v) is 7.72. The summed E-state index contributed by atoms with van der Waals surface area (Å²) in [4.78, 5) is 9.16. The average molecular weight is 268 g/mol. The molecule has 1 fully saturated rings. The van der Waals surface area contributed by atoms with E-state index in [1.165, 1.54) is 32.1 Å². The minimum absolute atomic E-state index is 0.491. The van der Waals surface area contributed by atoms with Gasteiger partial charge in [-0.3, -0.25) is 4.99 Å². The van der Waals surface area contributed by atoms with Gasteiger partial charge in [0.1, 0.15) is 0 Å². The fourth-order valence-corrected chi connectivity index (χ4v) is 2.59. The van der Waals surface area contributed by atoms with Gasteiger partial charge in [-0.1, -0.05) is 26.7 Å². The maximum atomic E-state index is 6.15. The summed E-state index contributed by atoms with van der Waals surface area (Å²) < 4.78 is 0. The molecule has 19 heavy (non-hydrogen) atoms. The highest BCUT2D eigenvalue weighted by molar-refractivity contribution is 5.78. The van der Waals surface area contributed by atoms with Gasteiger partial charge in [0.05, 0.1) is 6.54 Å². The Hall–Kier alpha value is -0.770. The standard InChI is InChI=1S/C15H32N4/c1-13(2)11-14(18(3)4)12-17-15(16)19-9-7-5-6-8-10-19/h13-14H,5-12H2,1-4H3,(H2,16,17). The van der Waals surface area contributed by atoms with Crippen LogP contribution in [0.5, 0.6) is 0 Å². The molecule has 4 heteroatoms. The summed E-state index contributed by atoms with van der Waals surface area (Å²) in [6.07, 6.45) is 6.33. The molecular formula is C15H32N4. The van der Waals surface area contributed by atoms with Crippen LogP contribution in [0.2, 0.25) is 0 Å². The van der Waals surface area contributed by atoms with Crippen molar-refractivity contribution in [3.8, 4) is 0 Å². The van der Waals surface area contributed by atoms with Gasteiger partial charge in [-0.25, -0.2) is 0 Å². The number of guanidine groups is 1. The Balaban J connectivity index is 2.51. The van der Waals surface area contributed by atoms with Crippen LogP contribution in [0.15, 0.2) is 4.99 Å². The minimum atomic E-state index is 0.491. The highest BCUT2D eigenvalue weighted by atomic mass is 15.3. The number of rotatable bonds is 5. The zero-order valence-corrected chi connectivity index (χ0v) is 13.2. The summed E-state index contributed by atoms with van der Waals surface area (Å²) in [6, 6.07) is 0.491. The molecule has 1 saturated heterocycles. The molecule has 0 aromatic carbocycles. The number of hydrogen-bond acceptors (Lipinski definition) is 2. The summed E-state index contributed by atoms with van der Waals surface area (Å²) in [5, 5.41) is 0. The Morgan fingerprint density at radius 1 is 1.16 bits per heavy atom. The Morgan fingerprint density at radius 2 is 1.74 bits per heavy atom. The molecule has 0 aromatic rings. The van der Waals surface area contributed by atoms with Crippen molar-refractivity contribution in [2.24, 2.45) is 16.6 Å². The summed E-state index contributed by atoms with van der Waals surface area (Å²) in [6.45, 7) is 7.49. The number of likely N-dealkylation sites (tertiary alicyclic amines) is 1. The minimum Gasteiger partial charge on any atom is -0.370 e. The molecule has 1 atom stereocenters. The zero-order chi connectivity index (χ0) is 14.3. The van der Waals surface area contributed by atoms with Gasteiger partial charge in [-0.15, -0.1) is 0 Å². The van der Waals surface area contributed by atoms with E-state index in [1.54, 1.807) is 0 Å². The third kappa shape index (κ3) is 6.28. The Labute approximate surface area is 119 Å². The fraction of sp³-hybridized carbons (Fsp3) is 0.933. The van der Waals surface area contributed by atoms with E-state index in [9.17, 15) is 0 Å². The van der Waals surface area contributed by atoms with Crippen LogP contribution in [-0.2, 0) is 0 Å². The smallest absolute Gasteiger partial charge is 0.191 e. The molecule has 112 valence electrons. The van der Waals surface area contributed by atoms with Crippen LogP contribution < -0.4 is 5.73 Å². The molecule has 1 unspecified atom stereocenters. The first kappa shape index (κ1) is 16.3. The van der Waals surface area contributed by atoms with Crippen molar-refractivity contribution in [1.82, 2.24) is 9.80 Å². The van der Waals surface area contributed by atoms with Crippen LogP contribution in [0.25, 0.3) is 0 Å². The maximum absolute atomic E-state index is 6.15. The largest absolute Gasteiger partial charge is 0.370 e. The number of nitrogens with two attached hydrogens (primary N) is 1. The van der Waals surface area contributed by atoms with Crippen LogP contribution in [0.1, 0.15) is 46.0 Å². The second-order valence-corrected chi connectivity index (χ2v) is 6.35. The first-order valence-electron chi connectivity index (χ1n) is 7.72. The lowest BCUT2D eigenvalue weighted by atomic mass is 10.0. The quantitative estimate of drug-likeness (QED) is 0.614. The number of nitrogens with zero attached hydrogens (tertiary/aromatic N) is 3. The topological polar surface area (TPSA) is 44.9 Å². The van der Waals surface area contributed by atoms with E-state index in [4.69, 9.17) is 5.73 Å². The van der Waals surface area contributed by atoms with Gasteiger partial charge in [0.15, 0.2) is 5.96 Å². The van der Waals surface area contributed by atoms with Crippen LogP contribution in [0, 0.1) is 5.92 Å². The summed E-state index contributed by atoms with van der Waals surface area (Å²) >= 11 is 0. The molecule has 0 amide bonds. The molecule has 1 heterocycles. The van der Waals surface area contributed by atoms with Gasteiger partial charge in [0, 0.05) is 19.1 Å². The van der Waals surface area contributed by atoms with Gasteiger partial charge < -0.3 is 15.5 Å². The van der Waals surface area contributed by atoms with E-state index in [2.05, 4.69) is 42.7 Å². The third-order valence-corrected chi connectivity index (χ3v) is 3.87. The highest BCUT2D eigenvalue weighted by Gasteiger charge is 2.15. The Kier molecular flexibility index (Phi) is 7.21. The van der Waals surface area contributed by atoms with Crippen LogP contribution >= 0.6 is 0 Å². The molecule has 0 aliphatic carbocycles. The van der Waals surface area contributed by atoms with Crippen molar-refractivity contribution in [2.45, 2.75) is 52.0 Å². The molecule has 0 bridgehead atoms. The van der Waals surface area contributed by atoms with E-state index in [-0.39, 0.29) is 0 Å². The lowest BCUT2D eigenvalue weighted by molar-refractivity contribution is 0.260. The van der Waals surface area contributed by atoms with E-state index >= 15 is 0 Å². The second kappa shape index (κ2) is 8.41. The SMILES string of the molecule is CC(C)CC(CN=C(N)N1CCCCCC1)N(C)C. The van der Waals surface area contributed by atoms with E-state index in [0.717, 1.165) is 25.6 Å². The Bertz CT molecular complexity index is 265. The Morgan fingerprint density at radius 3 is 2.21 bits per heavy atom. The molecule has 1 aliphatic heterocycles. The highest BCUT2D eigenvalue weighted by Crippen LogP contribution is 2.11. The molecule has 0 spiro atoms. The van der Waals surface area contributed by atoms with Gasteiger partial charge in [-0.2, -0.15) is 0 Å². The van der Waals surface area contributed by atoms with E-state index < -0.39 is 0 Å². The summed E-state index contributed by atoms with van der Waals surface area (Å²) in [7, 11) is 4.26. The van der Waals surface area contributed by atoms with Crippen LogP contribution in [0.3, 0.4) is 0 Å². The third-order valence-electron chi connectivity index (χ3n) is 3.87. The average Bonchev–Trinajstić information content (AvgIpc) is 2.62. The second-order valence-electron chi connectivity index (χ2n) is 6.35. The maximum Gasteiger partial charge on any atom is 0.191 e. The molecule has 2 N–H and O–H groups in total. The number of likely N-dealkylation sites (N-methyl/N-ethyl adjacent to an activating group) is 1. The summed E-state index contributed by atoms with van der Waals surface area (Å²) in [5.74, 6) is 1.44. The van der Waals surface area contributed by atoms with Crippen LogP contribution in [0.4, 0.5) is 0 Å². The number of aliphatic imine (C=N–C) groups is 1. The molecule has 0 radical (unpaired) electrons. The molecule has 0 aromatic heterocycles. The van der Waals surface area contributed by atoms with E-state index in [0.29, 0.717) is 12.0 Å².